The number of piperazine rings is 1. The van der Waals surface area contributed by atoms with Crippen LogP contribution in [-0.2, 0) is 0 Å². The molecule has 1 fully saturated rings. The molecule has 1 aliphatic heterocycles. The van der Waals surface area contributed by atoms with Crippen LogP contribution in [0.2, 0.25) is 0 Å². The van der Waals surface area contributed by atoms with E-state index in [9.17, 15) is 0 Å². The van der Waals surface area contributed by atoms with Gasteiger partial charge in [-0.2, -0.15) is 0 Å². The SMILES string of the molecule is CCCCCN1CC(C(C)C)NCC1C. The molecule has 1 N–H and O–H groups in total. The van der Waals surface area contributed by atoms with E-state index in [0.717, 1.165) is 18.5 Å². The van der Waals surface area contributed by atoms with Crippen LogP contribution in [0.5, 0.6) is 0 Å². The van der Waals surface area contributed by atoms with Crippen LogP contribution >= 0.6 is 0 Å². The van der Waals surface area contributed by atoms with Crippen molar-refractivity contribution >= 4 is 0 Å². The summed E-state index contributed by atoms with van der Waals surface area (Å²) in [6, 6.07) is 1.42. The second-order valence-electron chi connectivity index (χ2n) is 5.31. The summed E-state index contributed by atoms with van der Waals surface area (Å²) in [4.78, 5) is 2.66. The Kier molecular flexibility index (Phi) is 5.62. The second-order valence-corrected chi connectivity index (χ2v) is 5.31. The smallest absolute Gasteiger partial charge is 0.0218 e. The van der Waals surface area contributed by atoms with Crippen LogP contribution in [0.4, 0.5) is 0 Å². The van der Waals surface area contributed by atoms with Gasteiger partial charge in [0, 0.05) is 25.2 Å². The van der Waals surface area contributed by atoms with Gasteiger partial charge < -0.3 is 5.32 Å². The average molecular weight is 212 g/mol. The Morgan fingerprint density at radius 1 is 1.33 bits per heavy atom. The Bertz CT molecular complexity index is 168. The van der Waals surface area contributed by atoms with Crippen LogP contribution in [-0.4, -0.2) is 36.6 Å². The maximum absolute atomic E-state index is 3.65. The lowest BCUT2D eigenvalue weighted by atomic mass is 9.99. The van der Waals surface area contributed by atoms with Crippen LogP contribution < -0.4 is 5.32 Å². The molecule has 2 nitrogen and oxygen atoms in total. The minimum atomic E-state index is 0.697. The highest BCUT2D eigenvalue weighted by atomic mass is 15.2. The molecule has 0 bridgehead atoms. The van der Waals surface area contributed by atoms with E-state index in [4.69, 9.17) is 0 Å². The van der Waals surface area contributed by atoms with Gasteiger partial charge >= 0.3 is 0 Å². The van der Waals surface area contributed by atoms with Crippen molar-refractivity contribution in [2.45, 2.75) is 59.0 Å². The fraction of sp³-hybridized carbons (Fsp3) is 1.00. The minimum absolute atomic E-state index is 0.697. The van der Waals surface area contributed by atoms with Crippen LogP contribution in [0.25, 0.3) is 0 Å². The lowest BCUT2D eigenvalue weighted by Crippen LogP contribution is -2.57. The molecule has 0 saturated carbocycles. The first-order valence-corrected chi connectivity index (χ1v) is 6.62. The zero-order chi connectivity index (χ0) is 11.3. The molecule has 2 heteroatoms. The van der Waals surface area contributed by atoms with Gasteiger partial charge in [-0.15, -0.1) is 0 Å². The lowest BCUT2D eigenvalue weighted by molar-refractivity contribution is 0.121. The first kappa shape index (κ1) is 13.0. The molecule has 1 rings (SSSR count). The van der Waals surface area contributed by atoms with Crippen LogP contribution in [0.1, 0.15) is 47.0 Å². The van der Waals surface area contributed by atoms with Crippen molar-refractivity contribution in [2.24, 2.45) is 5.92 Å². The molecule has 90 valence electrons. The number of unbranched alkanes of at least 4 members (excludes halogenated alkanes) is 2. The van der Waals surface area contributed by atoms with E-state index in [1.807, 2.05) is 0 Å². The Morgan fingerprint density at radius 3 is 2.67 bits per heavy atom. The molecule has 0 radical (unpaired) electrons. The second kappa shape index (κ2) is 6.49. The number of hydrogen-bond acceptors (Lipinski definition) is 2. The molecule has 2 unspecified atom stereocenters. The molecule has 2 atom stereocenters. The third-order valence-electron chi connectivity index (χ3n) is 3.58. The van der Waals surface area contributed by atoms with Gasteiger partial charge in [-0.1, -0.05) is 33.6 Å². The van der Waals surface area contributed by atoms with Gasteiger partial charge in [0.15, 0.2) is 0 Å². The predicted octanol–water partition coefficient (Wildman–Crippen LogP) is 2.49. The molecule has 15 heavy (non-hydrogen) atoms. The van der Waals surface area contributed by atoms with E-state index in [2.05, 4.69) is 37.9 Å². The fourth-order valence-electron chi connectivity index (χ4n) is 2.27. The summed E-state index contributed by atoms with van der Waals surface area (Å²) in [5, 5.41) is 3.65. The zero-order valence-electron chi connectivity index (χ0n) is 10.9. The Balaban J connectivity index is 2.32. The minimum Gasteiger partial charge on any atom is -0.311 e. The van der Waals surface area contributed by atoms with Gasteiger partial charge in [0.25, 0.3) is 0 Å². The van der Waals surface area contributed by atoms with Gasteiger partial charge in [0.2, 0.25) is 0 Å². The van der Waals surface area contributed by atoms with Crippen molar-refractivity contribution in [1.29, 1.82) is 0 Å². The zero-order valence-corrected chi connectivity index (χ0v) is 10.9. The van der Waals surface area contributed by atoms with Gasteiger partial charge in [-0.25, -0.2) is 0 Å². The maximum atomic E-state index is 3.65. The Morgan fingerprint density at radius 2 is 2.07 bits per heavy atom. The number of nitrogens with zero attached hydrogens (tertiary/aromatic N) is 1. The Labute approximate surface area is 95.4 Å². The molecule has 1 aliphatic rings. The van der Waals surface area contributed by atoms with Crippen molar-refractivity contribution < 1.29 is 0 Å². The number of nitrogens with one attached hydrogen (secondary N) is 1. The third-order valence-corrected chi connectivity index (χ3v) is 3.58. The van der Waals surface area contributed by atoms with Gasteiger partial charge in [0.05, 0.1) is 0 Å². The summed E-state index contributed by atoms with van der Waals surface area (Å²) >= 11 is 0. The van der Waals surface area contributed by atoms with E-state index in [1.165, 1.54) is 32.4 Å². The largest absolute Gasteiger partial charge is 0.311 e. The van der Waals surface area contributed by atoms with Crippen LogP contribution in [0, 0.1) is 5.92 Å². The monoisotopic (exact) mass is 212 g/mol. The number of rotatable bonds is 5. The summed E-state index contributed by atoms with van der Waals surface area (Å²) in [5.74, 6) is 0.756. The summed E-state index contributed by atoms with van der Waals surface area (Å²) in [7, 11) is 0. The predicted molar refractivity (Wildman–Crippen MR) is 67.2 cm³/mol. The highest BCUT2D eigenvalue weighted by Crippen LogP contribution is 2.13. The molecule has 0 spiro atoms. The standard InChI is InChI=1S/C13H28N2/c1-5-6-7-8-15-10-13(11(2)3)14-9-12(15)4/h11-14H,5-10H2,1-4H3. The molecule has 0 amide bonds. The van der Waals surface area contributed by atoms with E-state index in [-0.39, 0.29) is 0 Å². The number of hydrogen-bond donors (Lipinski definition) is 1. The molecule has 0 aromatic heterocycles. The molecular weight excluding hydrogens is 184 g/mol. The Hall–Kier alpha value is -0.0800. The summed E-state index contributed by atoms with van der Waals surface area (Å²) in [6.45, 7) is 12.9. The summed E-state index contributed by atoms with van der Waals surface area (Å²) in [5.41, 5.74) is 0. The molecule has 0 aromatic rings. The highest BCUT2D eigenvalue weighted by Gasteiger charge is 2.25. The van der Waals surface area contributed by atoms with Gasteiger partial charge in [-0.3, -0.25) is 4.90 Å². The van der Waals surface area contributed by atoms with Gasteiger partial charge in [0.1, 0.15) is 0 Å². The average Bonchev–Trinajstić information content (AvgIpc) is 2.20. The normalized spacial score (nSPS) is 28.6. The van der Waals surface area contributed by atoms with E-state index >= 15 is 0 Å². The molecule has 1 heterocycles. The van der Waals surface area contributed by atoms with Crippen molar-refractivity contribution in [3.05, 3.63) is 0 Å². The first-order chi connectivity index (χ1) is 7.15. The van der Waals surface area contributed by atoms with Crippen molar-refractivity contribution in [2.75, 3.05) is 19.6 Å². The molecule has 1 saturated heterocycles. The van der Waals surface area contributed by atoms with Crippen molar-refractivity contribution in [3.63, 3.8) is 0 Å². The third kappa shape index (κ3) is 4.12. The molecule has 0 aromatic carbocycles. The topological polar surface area (TPSA) is 15.3 Å². The van der Waals surface area contributed by atoms with Crippen molar-refractivity contribution in [3.8, 4) is 0 Å². The van der Waals surface area contributed by atoms with E-state index < -0.39 is 0 Å². The fourth-order valence-corrected chi connectivity index (χ4v) is 2.27. The quantitative estimate of drug-likeness (QED) is 0.704. The first-order valence-electron chi connectivity index (χ1n) is 6.62. The lowest BCUT2D eigenvalue weighted by Gasteiger charge is -2.40. The van der Waals surface area contributed by atoms with Gasteiger partial charge in [-0.05, 0) is 25.8 Å². The summed E-state index contributed by atoms with van der Waals surface area (Å²) < 4.78 is 0. The molecule has 0 aliphatic carbocycles. The van der Waals surface area contributed by atoms with E-state index in [0.29, 0.717) is 6.04 Å². The molecular formula is C13H28N2. The summed E-state index contributed by atoms with van der Waals surface area (Å²) in [6.07, 6.45) is 4.07. The maximum Gasteiger partial charge on any atom is 0.0218 e. The van der Waals surface area contributed by atoms with Crippen LogP contribution in [0.15, 0.2) is 0 Å². The van der Waals surface area contributed by atoms with E-state index in [1.54, 1.807) is 0 Å². The van der Waals surface area contributed by atoms with Crippen LogP contribution in [0.3, 0.4) is 0 Å². The van der Waals surface area contributed by atoms with Crippen molar-refractivity contribution in [1.82, 2.24) is 10.2 Å². The highest BCUT2D eigenvalue weighted by molar-refractivity contribution is 4.85.